The van der Waals surface area contributed by atoms with Crippen molar-refractivity contribution >= 4 is 16.5 Å². The average molecular weight is 248 g/mol. The maximum atomic E-state index is 11.2. The number of aromatic amines is 1. The molecule has 0 spiro atoms. The molecule has 0 radical (unpaired) electrons. The van der Waals surface area contributed by atoms with Gasteiger partial charge in [0.2, 0.25) is 0 Å². The van der Waals surface area contributed by atoms with Gasteiger partial charge in [0.15, 0.2) is 0 Å². The highest BCUT2D eigenvalue weighted by molar-refractivity contribution is 7.84. The molecule has 0 fully saturated rings. The van der Waals surface area contributed by atoms with Gasteiger partial charge >= 0.3 is 0 Å². The maximum absolute atomic E-state index is 11.2. The molecule has 0 amide bonds. The summed E-state index contributed by atoms with van der Waals surface area (Å²) in [6, 6.07) is 8.92. The van der Waals surface area contributed by atoms with Crippen LogP contribution in [0.3, 0.4) is 0 Å². The van der Waals surface area contributed by atoms with Gasteiger partial charge in [0.1, 0.15) is 0 Å². The van der Waals surface area contributed by atoms with Crippen LogP contribution in [0.2, 0.25) is 0 Å². The second kappa shape index (κ2) is 4.55. The third-order valence-electron chi connectivity index (χ3n) is 2.45. The molecule has 1 unspecified atom stereocenters. The smallest absolute Gasteiger partial charge is 0.271 e. The fourth-order valence-corrected chi connectivity index (χ4v) is 2.03. The molecule has 2 aromatic rings. The lowest BCUT2D eigenvalue weighted by Gasteiger charge is -2.03. The van der Waals surface area contributed by atoms with Crippen LogP contribution in [-0.2, 0) is 10.8 Å². The molecule has 5 heteroatoms. The summed E-state index contributed by atoms with van der Waals surface area (Å²) in [6.45, 7) is 0. The number of H-pyrrole nitrogens is 1. The summed E-state index contributed by atoms with van der Waals surface area (Å²) in [7, 11) is -0.984. The van der Waals surface area contributed by atoms with Crippen molar-refractivity contribution in [2.45, 2.75) is 4.90 Å². The van der Waals surface area contributed by atoms with Gasteiger partial charge in [-0.1, -0.05) is 12.1 Å². The van der Waals surface area contributed by atoms with Crippen LogP contribution in [0.25, 0.3) is 11.1 Å². The summed E-state index contributed by atoms with van der Waals surface area (Å²) < 4.78 is 11.2. The number of hydrogen-bond donors (Lipinski definition) is 2. The van der Waals surface area contributed by atoms with Crippen LogP contribution < -0.4 is 11.3 Å². The zero-order chi connectivity index (χ0) is 12.4. The van der Waals surface area contributed by atoms with E-state index in [0.29, 0.717) is 0 Å². The van der Waals surface area contributed by atoms with E-state index in [1.807, 2.05) is 12.1 Å². The van der Waals surface area contributed by atoms with Crippen LogP contribution in [0.1, 0.15) is 0 Å². The third-order valence-corrected chi connectivity index (χ3v) is 3.39. The Morgan fingerprint density at radius 3 is 2.35 bits per heavy atom. The molecular weight excluding hydrogens is 236 g/mol. The van der Waals surface area contributed by atoms with E-state index in [1.54, 1.807) is 30.7 Å². The Bertz CT molecular complexity index is 617. The number of anilines is 1. The Labute approximate surface area is 101 Å². The molecule has 0 bridgehead atoms. The SMILES string of the molecule is CS(=O)c1ccc(-c2c[nH]c(=O)c(N)c2)cc1. The van der Waals surface area contributed by atoms with Gasteiger partial charge in [0.25, 0.3) is 5.56 Å². The normalized spacial score (nSPS) is 12.3. The predicted molar refractivity (Wildman–Crippen MR) is 69.2 cm³/mol. The quantitative estimate of drug-likeness (QED) is 0.842. The van der Waals surface area contributed by atoms with Gasteiger partial charge in [-0.25, -0.2) is 0 Å². The van der Waals surface area contributed by atoms with Crippen molar-refractivity contribution in [1.29, 1.82) is 0 Å². The molecular formula is C12H12N2O2S. The molecule has 3 N–H and O–H groups in total. The summed E-state index contributed by atoms with van der Waals surface area (Å²) in [4.78, 5) is 14.5. The molecule has 0 aliphatic heterocycles. The summed E-state index contributed by atoms with van der Waals surface area (Å²) in [6.07, 6.45) is 3.24. The second-order valence-corrected chi connectivity index (χ2v) is 5.03. The molecule has 4 nitrogen and oxygen atoms in total. The molecule has 2 rings (SSSR count). The monoisotopic (exact) mass is 248 g/mol. The molecule has 17 heavy (non-hydrogen) atoms. The summed E-state index contributed by atoms with van der Waals surface area (Å²) in [5.74, 6) is 0. The van der Waals surface area contributed by atoms with Crippen LogP contribution >= 0.6 is 0 Å². The van der Waals surface area contributed by atoms with Crippen LogP contribution in [0, 0.1) is 0 Å². The van der Waals surface area contributed by atoms with Crippen molar-refractivity contribution in [3.05, 3.63) is 46.9 Å². The van der Waals surface area contributed by atoms with Crippen molar-refractivity contribution in [3.63, 3.8) is 0 Å². The van der Waals surface area contributed by atoms with Gasteiger partial charge < -0.3 is 10.7 Å². The Hall–Kier alpha value is -1.88. The predicted octanol–water partition coefficient (Wildman–Crippen LogP) is 1.36. The summed E-state index contributed by atoms with van der Waals surface area (Å²) >= 11 is 0. The van der Waals surface area contributed by atoms with Crippen molar-refractivity contribution in [2.24, 2.45) is 0 Å². The van der Waals surface area contributed by atoms with E-state index >= 15 is 0 Å². The number of hydrogen-bond acceptors (Lipinski definition) is 3. The van der Waals surface area contributed by atoms with Crippen LogP contribution in [0.4, 0.5) is 5.69 Å². The van der Waals surface area contributed by atoms with Crippen molar-refractivity contribution < 1.29 is 4.21 Å². The minimum absolute atomic E-state index is 0.186. The molecule has 1 aromatic heterocycles. The number of benzene rings is 1. The largest absolute Gasteiger partial charge is 0.394 e. The highest BCUT2D eigenvalue weighted by Crippen LogP contribution is 2.20. The van der Waals surface area contributed by atoms with Gasteiger partial charge in [-0.2, -0.15) is 0 Å². The fraction of sp³-hybridized carbons (Fsp3) is 0.0833. The molecule has 1 atom stereocenters. The number of nitrogen functional groups attached to an aromatic ring is 1. The van der Waals surface area contributed by atoms with Crippen LogP contribution in [0.5, 0.6) is 0 Å². The molecule has 0 saturated heterocycles. The number of aromatic nitrogens is 1. The minimum Gasteiger partial charge on any atom is -0.394 e. The van der Waals surface area contributed by atoms with E-state index in [4.69, 9.17) is 5.73 Å². The molecule has 0 aliphatic carbocycles. The Morgan fingerprint density at radius 2 is 1.82 bits per heavy atom. The first-order valence-corrected chi connectivity index (χ1v) is 6.56. The van der Waals surface area contributed by atoms with Gasteiger partial charge in [-0.15, -0.1) is 0 Å². The van der Waals surface area contributed by atoms with Gasteiger partial charge in [-0.3, -0.25) is 9.00 Å². The molecule has 0 aliphatic rings. The highest BCUT2D eigenvalue weighted by Gasteiger charge is 2.02. The average Bonchev–Trinajstić information content (AvgIpc) is 2.33. The first-order chi connectivity index (χ1) is 8.08. The summed E-state index contributed by atoms with van der Waals surface area (Å²) in [5, 5.41) is 0. The van der Waals surface area contributed by atoms with Gasteiger partial charge in [0, 0.05) is 33.7 Å². The van der Waals surface area contributed by atoms with Crippen LogP contribution in [0.15, 0.2) is 46.2 Å². The number of nitrogens with one attached hydrogen (secondary N) is 1. The zero-order valence-electron chi connectivity index (χ0n) is 9.27. The molecule has 1 heterocycles. The summed E-state index contributed by atoms with van der Waals surface area (Å²) in [5.41, 5.74) is 7.19. The number of rotatable bonds is 2. The zero-order valence-corrected chi connectivity index (χ0v) is 10.1. The number of nitrogens with two attached hydrogens (primary N) is 1. The fourth-order valence-electron chi connectivity index (χ4n) is 1.51. The number of pyridine rings is 1. The van der Waals surface area contributed by atoms with Crippen LogP contribution in [-0.4, -0.2) is 15.4 Å². The lowest BCUT2D eigenvalue weighted by atomic mass is 10.1. The third kappa shape index (κ3) is 2.45. The van der Waals surface area contributed by atoms with Gasteiger partial charge in [0.05, 0.1) is 5.69 Å². The van der Waals surface area contributed by atoms with E-state index < -0.39 is 10.8 Å². The Morgan fingerprint density at radius 1 is 1.18 bits per heavy atom. The van der Waals surface area contributed by atoms with Crippen molar-refractivity contribution in [1.82, 2.24) is 4.98 Å². The Kier molecular flexibility index (Phi) is 3.10. The van der Waals surface area contributed by atoms with E-state index in [0.717, 1.165) is 16.0 Å². The molecule has 88 valence electrons. The van der Waals surface area contributed by atoms with Gasteiger partial charge in [-0.05, 0) is 23.8 Å². The Balaban J connectivity index is 2.43. The van der Waals surface area contributed by atoms with Crippen molar-refractivity contribution in [2.75, 3.05) is 12.0 Å². The standard InChI is InChI=1S/C12H12N2O2S/c1-17(16)10-4-2-8(3-5-10)9-6-11(13)12(15)14-7-9/h2-7H,13H2,1H3,(H,14,15). The van der Waals surface area contributed by atoms with E-state index in [2.05, 4.69) is 4.98 Å². The molecule has 0 saturated carbocycles. The van der Waals surface area contributed by atoms with E-state index in [1.165, 1.54) is 0 Å². The lowest BCUT2D eigenvalue weighted by Crippen LogP contribution is -2.10. The first kappa shape index (κ1) is 11.6. The second-order valence-electron chi connectivity index (χ2n) is 3.65. The van der Waals surface area contributed by atoms with Crippen molar-refractivity contribution in [3.8, 4) is 11.1 Å². The van der Waals surface area contributed by atoms with E-state index in [9.17, 15) is 9.00 Å². The highest BCUT2D eigenvalue weighted by atomic mass is 32.2. The van der Waals surface area contributed by atoms with E-state index in [-0.39, 0.29) is 11.2 Å². The lowest BCUT2D eigenvalue weighted by molar-refractivity contribution is 0.687. The topological polar surface area (TPSA) is 76.0 Å². The maximum Gasteiger partial charge on any atom is 0.271 e. The molecule has 1 aromatic carbocycles. The minimum atomic E-state index is -0.984. The first-order valence-electron chi connectivity index (χ1n) is 5.00.